The molecule has 1 atom stereocenters. The number of nitrogens with one attached hydrogen (secondary N) is 1. The lowest BCUT2D eigenvalue weighted by Gasteiger charge is -2.15. The Bertz CT molecular complexity index is 715. The Labute approximate surface area is 133 Å². The molecule has 0 saturated carbocycles. The van der Waals surface area contributed by atoms with Gasteiger partial charge in [-0.3, -0.25) is 4.79 Å². The number of anilines is 1. The quantitative estimate of drug-likeness (QED) is 0.822. The molecule has 0 saturated heterocycles. The van der Waals surface area contributed by atoms with Crippen LogP contribution in [0, 0.1) is 0 Å². The second kappa shape index (κ2) is 5.58. The van der Waals surface area contributed by atoms with Crippen LogP contribution in [0.25, 0.3) is 0 Å². The average molecular weight is 321 g/mol. The highest BCUT2D eigenvalue weighted by Gasteiger charge is 2.25. The van der Waals surface area contributed by atoms with Crippen molar-refractivity contribution in [3.05, 3.63) is 63.1 Å². The molecule has 1 unspecified atom stereocenters. The first-order valence-corrected chi connectivity index (χ1v) is 7.44. The molecule has 0 heterocycles. The topological polar surface area (TPSA) is 55.1 Å². The molecule has 2 aromatic carbocycles. The average Bonchev–Trinajstić information content (AvgIpc) is 2.83. The van der Waals surface area contributed by atoms with Crippen molar-refractivity contribution in [3.8, 4) is 0 Å². The van der Waals surface area contributed by atoms with Crippen molar-refractivity contribution < 1.29 is 4.79 Å². The van der Waals surface area contributed by atoms with Gasteiger partial charge in [-0.25, -0.2) is 0 Å². The van der Waals surface area contributed by atoms with E-state index < -0.39 is 0 Å². The van der Waals surface area contributed by atoms with Gasteiger partial charge >= 0.3 is 0 Å². The van der Waals surface area contributed by atoms with E-state index in [1.807, 2.05) is 18.2 Å². The molecule has 21 heavy (non-hydrogen) atoms. The maximum absolute atomic E-state index is 12.4. The minimum absolute atomic E-state index is 0.0110. The van der Waals surface area contributed by atoms with Gasteiger partial charge in [0.15, 0.2) is 0 Å². The van der Waals surface area contributed by atoms with Gasteiger partial charge in [-0.1, -0.05) is 29.3 Å². The highest BCUT2D eigenvalue weighted by Crippen LogP contribution is 2.33. The number of benzene rings is 2. The minimum Gasteiger partial charge on any atom is -0.399 e. The van der Waals surface area contributed by atoms with Crippen LogP contribution in [0.3, 0.4) is 0 Å². The number of nitrogen functional groups attached to an aromatic ring is 1. The Morgan fingerprint density at radius 1 is 1.19 bits per heavy atom. The predicted molar refractivity (Wildman–Crippen MR) is 85.8 cm³/mol. The van der Waals surface area contributed by atoms with Crippen LogP contribution < -0.4 is 11.1 Å². The Hall–Kier alpha value is -1.71. The van der Waals surface area contributed by atoms with E-state index in [9.17, 15) is 4.79 Å². The second-order valence-electron chi connectivity index (χ2n) is 5.15. The van der Waals surface area contributed by atoms with E-state index in [4.69, 9.17) is 28.9 Å². The lowest BCUT2D eigenvalue weighted by Crippen LogP contribution is -2.27. The van der Waals surface area contributed by atoms with E-state index in [2.05, 4.69) is 5.32 Å². The number of fused-ring (bicyclic) bond motifs is 1. The lowest BCUT2D eigenvalue weighted by atomic mass is 10.1. The van der Waals surface area contributed by atoms with Crippen LogP contribution in [0.1, 0.15) is 33.9 Å². The van der Waals surface area contributed by atoms with Crippen molar-refractivity contribution in [2.24, 2.45) is 0 Å². The third kappa shape index (κ3) is 2.85. The van der Waals surface area contributed by atoms with Gasteiger partial charge in [0.05, 0.1) is 16.6 Å². The first-order chi connectivity index (χ1) is 10.0. The summed E-state index contributed by atoms with van der Waals surface area (Å²) in [7, 11) is 0. The Balaban J connectivity index is 1.82. The largest absolute Gasteiger partial charge is 0.399 e. The summed E-state index contributed by atoms with van der Waals surface area (Å²) in [6.45, 7) is 0. The maximum Gasteiger partial charge on any atom is 0.253 e. The molecule has 0 aliphatic heterocycles. The van der Waals surface area contributed by atoms with Crippen LogP contribution in [0.5, 0.6) is 0 Å². The number of rotatable bonds is 2. The van der Waals surface area contributed by atoms with Gasteiger partial charge < -0.3 is 11.1 Å². The standard InChI is InChI=1S/C16H14Cl2N2O/c17-10-2-5-14(18)13(8-10)16(21)20-15-6-1-9-7-11(19)3-4-12(9)15/h2-5,7-8,15H,1,6,19H2,(H,20,21). The van der Waals surface area contributed by atoms with Gasteiger partial charge in [0.25, 0.3) is 5.91 Å². The van der Waals surface area contributed by atoms with E-state index in [-0.39, 0.29) is 11.9 Å². The Kier molecular flexibility index (Phi) is 3.79. The highest BCUT2D eigenvalue weighted by molar-refractivity contribution is 6.35. The van der Waals surface area contributed by atoms with Crippen molar-refractivity contribution in [1.82, 2.24) is 5.32 Å². The van der Waals surface area contributed by atoms with Crippen LogP contribution in [-0.2, 0) is 6.42 Å². The molecule has 0 fully saturated rings. The summed E-state index contributed by atoms with van der Waals surface area (Å²) >= 11 is 12.0. The van der Waals surface area contributed by atoms with Crippen molar-refractivity contribution in [1.29, 1.82) is 0 Å². The molecule has 3 nitrogen and oxygen atoms in total. The van der Waals surface area contributed by atoms with Gasteiger partial charge in [0.2, 0.25) is 0 Å². The van der Waals surface area contributed by atoms with Crippen LogP contribution in [-0.4, -0.2) is 5.91 Å². The number of nitrogens with two attached hydrogens (primary N) is 1. The highest BCUT2D eigenvalue weighted by atomic mass is 35.5. The Morgan fingerprint density at radius 2 is 2.00 bits per heavy atom. The molecular formula is C16H14Cl2N2O. The number of amides is 1. The van der Waals surface area contributed by atoms with Crippen LogP contribution >= 0.6 is 23.2 Å². The van der Waals surface area contributed by atoms with E-state index in [1.165, 1.54) is 5.56 Å². The molecule has 0 spiro atoms. The van der Waals surface area contributed by atoms with Crippen molar-refractivity contribution in [2.45, 2.75) is 18.9 Å². The molecule has 2 aromatic rings. The SMILES string of the molecule is Nc1ccc2c(c1)CCC2NC(=O)c1cc(Cl)ccc1Cl. The van der Waals surface area contributed by atoms with E-state index in [0.29, 0.717) is 15.6 Å². The fraction of sp³-hybridized carbons (Fsp3) is 0.188. The molecule has 1 amide bonds. The van der Waals surface area contributed by atoms with Crippen molar-refractivity contribution in [3.63, 3.8) is 0 Å². The number of hydrogen-bond acceptors (Lipinski definition) is 2. The number of carbonyl (C=O) groups is 1. The zero-order valence-corrected chi connectivity index (χ0v) is 12.7. The summed E-state index contributed by atoms with van der Waals surface area (Å²) in [4.78, 5) is 12.4. The smallest absolute Gasteiger partial charge is 0.253 e. The van der Waals surface area contributed by atoms with E-state index in [1.54, 1.807) is 18.2 Å². The molecule has 5 heteroatoms. The zero-order valence-electron chi connectivity index (χ0n) is 11.2. The fourth-order valence-electron chi connectivity index (χ4n) is 2.69. The van der Waals surface area contributed by atoms with Gasteiger partial charge in [0, 0.05) is 10.7 Å². The molecule has 1 aliphatic carbocycles. The monoisotopic (exact) mass is 320 g/mol. The normalized spacial score (nSPS) is 16.6. The third-order valence-electron chi connectivity index (χ3n) is 3.72. The Morgan fingerprint density at radius 3 is 2.81 bits per heavy atom. The molecule has 108 valence electrons. The number of carbonyl (C=O) groups excluding carboxylic acids is 1. The number of aryl methyl sites for hydroxylation is 1. The summed E-state index contributed by atoms with van der Waals surface area (Å²) in [6.07, 6.45) is 1.78. The lowest BCUT2D eigenvalue weighted by molar-refractivity contribution is 0.0937. The number of halogens is 2. The summed E-state index contributed by atoms with van der Waals surface area (Å²) in [5.74, 6) is -0.211. The molecule has 1 aliphatic rings. The van der Waals surface area contributed by atoms with Crippen molar-refractivity contribution in [2.75, 3.05) is 5.73 Å². The van der Waals surface area contributed by atoms with E-state index >= 15 is 0 Å². The summed E-state index contributed by atoms with van der Waals surface area (Å²) in [6, 6.07) is 10.7. The number of hydrogen-bond donors (Lipinski definition) is 2. The zero-order chi connectivity index (χ0) is 15.0. The van der Waals surface area contributed by atoms with Gasteiger partial charge in [-0.2, -0.15) is 0 Å². The minimum atomic E-state index is -0.211. The molecule has 3 rings (SSSR count). The van der Waals surface area contributed by atoms with Crippen molar-refractivity contribution >= 4 is 34.8 Å². The molecule has 0 bridgehead atoms. The van der Waals surface area contributed by atoms with E-state index in [0.717, 1.165) is 24.1 Å². The van der Waals surface area contributed by atoms with Crippen LogP contribution in [0.4, 0.5) is 5.69 Å². The molecule has 0 aromatic heterocycles. The molecule has 0 radical (unpaired) electrons. The predicted octanol–water partition coefficient (Wildman–Crippen LogP) is 3.99. The first kappa shape index (κ1) is 14.2. The van der Waals surface area contributed by atoms with Gasteiger partial charge in [0.1, 0.15) is 0 Å². The van der Waals surface area contributed by atoms with Crippen LogP contribution in [0.15, 0.2) is 36.4 Å². The third-order valence-corrected chi connectivity index (χ3v) is 4.29. The van der Waals surface area contributed by atoms with Crippen LogP contribution in [0.2, 0.25) is 10.0 Å². The molecule has 3 N–H and O–H groups in total. The van der Waals surface area contributed by atoms with Gasteiger partial charge in [-0.05, 0) is 54.3 Å². The summed E-state index contributed by atoms with van der Waals surface area (Å²) < 4.78 is 0. The van der Waals surface area contributed by atoms with Gasteiger partial charge in [-0.15, -0.1) is 0 Å². The fourth-order valence-corrected chi connectivity index (χ4v) is 3.07. The maximum atomic E-state index is 12.4. The summed E-state index contributed by atoms with van der Waals surface area (Å²) in [5.41, 5.74) is 9.24. The first-order valence-electron chi connectivity index (χ1n) is 6.69. The second-order valence-corrected chi connectivity index (χ2v) is 5.99. The summed E-state index contributed by atoms with van der Waals surface area (Å²) in [5, 5.41) is 3.90. The molecular weight excluding hydrogens is 307 g/mol.